The number of carbonyl (C=O) groups is 1. The Morgan fingerprint density at radius 1 is 1.15 bits per heavy atom. The number of rotatable bonds is 8. The lowest BCUT2D eigenvalue weighted by molar-refractivity contribution is -0.274. The molecule has 0 radical (unpaired) electrons. The highest BCUT2D eigenvalue weighted by Gasteiger charge is 2.36. The lowest BCUT2D eigenvalue weighted by Gasteiger charge is -2.22. The van der Waals surface area contributed by atoms with Gasteiger partial charge in [-0.15, -0.1) is 13.2 Å². The van der Waals surface area contributed by atoms with E-state index in [0.717, 1.165) is 0 Å². The van der Waals surface area contributed by atoms with Crippen LogP contribution in [0.25, 0.3) is 11.4 Å². The maximum atomic E-state index is 12.5. The molecule has 0 spiro atoms. The molecule has 1 aliphatic rings. The summed E-state index contributed by atoms with van der Waals surface area (Å²) in [5.74, 6) is 1.31. The first-order valence-electron chi connectivity index (χ1n) is 10.6. The van der Waals surface area contributed by atoms with Gasteiger partial charge < -0.3 is 23.6 Å². The average Bonchev–Trinajstić information content (AvgIpc) is 3.42. The Labute approximate surface area is 193 Å². The lowest BCUT2D eigenvalue weighted by atomic mass is 10.1. The molecule has 0 aliphatic carbocycles. The normalized spacial score (nSPS) is 16.1. The van der Waals surface area contributed by atoms with Gasteiger partial charge in [0.15, 0.2) is 11.5 Å². The minimum atomic E-state index is -4.76. The summed E-state index contributed by atoms with van der Waals surface area (Å²) < 4.78 is 57.4. The number of amides is 1. The molecular formula is C23H22F3N3O5. The third-order valence-electron chi connectivity index (χ3n) is 5.29. The van der Waals surface area contributed by atoms with Crippen molar-refractivity contribution in [3.8, 4) is 28.6 Å². The maximum Gasteiger partial charge on any atom is 0.573 e. The lowest BCUT2D eigenvalue weighted by Crippen LogP contribution is -2.27. The molecule has 1 saturated heterocycles. The second-order valence-corrected chi connectivity index (χ2v) is 7.52. The van der Waals surface area contributed by atoms with Gasteiger partial charge in [0.2, 0.25) is 17.6 Å². The summed E-state index contributed by atoms with van der Waals surface area (Å²) in [4.78, 5) is 18.6. The fraction of sp³-hybridized carbons (Fsp3) is 0.348. The molecule has 1 fully saturated rings. The number of aromatic nitrogens is 2. The van der Waals surface area contributed by atoms with E-state index >= 15 is 0 Å². The molecule has 4 rings (SSSR count). The zero-order valence-electron chi connectivity index (χ0n) is 18.5. The van der Waals surface area contributed by atoms with Crippen molar-refractivity contribution in [1.29, 1.82) is 0 Å². The van der Waals surface area contributed by atoms with Crippen molar-refractivity contribution in [1.82, 2.24) is 15.0 Å². The molecule has 1 aromatic heterocycles. The van der Waals surface area contributed by atoms with E-state index in [4.69, 9.17) is 14.0 Å². The number of hydrogen-bond acceptors (Lipinski definition) is 7. The van der Waals surface area contributed by atoms with Crippen molar-refractivity contribution in [2.24, 2.45) is 0 Å². The summed E-state index contributed by atoms with van der Waals surface area (Å²) in [6, 6.07) is 10.2. The Balaban J connectivity index is 1.51. The molecule has 180 valence electrons. The van der Waals surface area contributed by atoms with Gasteiger partial charge in [-0.25, -0.2) is 0 Å². The van der Waals surface area contributed by atoms with Gasteiger partial charge in [-0.1, -0.05) is 17.3 Å². The minimum Gasteiger partial charge on any atom is -0.493 e. The number of benzene rings is 2. The van der Waals surface area contributed by atoms with Gasteiger partial charge in [0, 0.05) is 18.5 Å². The van der Waals surface area contributed by atoms with E-state index in [0.29, 0.717) is 47.9 Å². The molecule has 8 nitrogen and oxygen atoms in total. The highest BCUT2D eigenvalue weighted by Crippen LogP contribution is 2.36. The van der Waals surface area contributed by atoms with Gasteiger partial charge >= 0.3 is 6.36 Å². The van der Waals surface area contributed by atoms with Gasteiger partial charge in [0.25, 0.3) is 0 Å². The van der Waals surface area contributed by atoms with Crippen LogP contribution < -0.4 is 14.2 Å². The summed E-state index contributed by atoms with van der Waals surface area (Å²) >= 11 is 0. The van der Waals surface area contributed by atoms with Gasteiger partial charge in [0.05, 0.1) is 13.7 Å². The third kappa shape index (κ3) is 5.24. The molecular weight excluding hydrogens is 455 g/mol. The molecule has 2 aromatic carbocycles. The van der Waals surface area contributed by atoms with E-state index in [2.05, 4.69) is 14.9 Å². The van der Waals surface area contributed by atoms with Gasteiger partial charge in [-0.05, 0) is 49.2 Å². The summed E-state index contributed by atoms with van der Waals surface area (Å²) in [5, 5.41) is 4.05. The predicted octanol–water partition coefficient (Wildman–Crippen LogP) is 4.91. The molecule has 1 unspecified atom stereocenters. The summed E-state index contributed by atoms with van der Waals surface area (Å²) in [6.07, 6.45) is -3.97. The van der Waals surface area contributed by atoms with Crippen LogP contribution in [0.15, 0.2) is 47.0 Å². The number of carbonyl (C=O) groups excluding carboxylic acids is 1. The highest BCUT2D eigenvalue weighted by molar-refractivity contribution is 5.79. The van der Waals surface area contributed by atoms with Crippen LogP contribution in [0.5, 0.6) is 17.2 Å². The van der Waals surface area contributed by atoms with E-state index in [1.807, 2.05) is 6.92 Å². The van der Waals surface area contributed by atoms with Gasteiger partial charge in [0.1, 0.15) is 11.8 Å². The molecule has 1 amide bonds. The number of nitrogens with zero attached hydrogens (tertiary/aromatic N) is 3. The van der Waals surface area contributed by atoms with E-state index in [9.17, 15) is 18.0 Å². The van der Waals surface area contributed by atoms with Crippen molar-refractivity contribution in [2.75, 3.05) is 13.7 Å². The number of likely N-dealkylation sites (tertiary alicyclic amines) is 1. The van der Waals surface area contributed by atoms with Crippen molar-refractivity contribution in [2.45, 2.75) is 38.7 Å². The van der Waals surface area contributed by atoms with E-state index < -0.39 is 12.4 Å². The SMILES string of the molecule is CCOc1ccc(-c2noc(C3CCC(=O)N3Cc3ccc(OC(F)(F)F)cc3)n2)cc1OC. The fourth-order valence-corrected chi connectivity index (χ4v) is 3.75. The Morgan fingerprint density at radius 2 is 1.91 bits per heavy atom. The first-order chi connectivity index (χ1) is 16.3. The number of alkyl halides is 3. The monoisotopic (exact) mass is 477 g/mol. The van der Waals surface area contributed by atoms with Crippen LogP contribution in [-0.2, 0) is 11.3 Å². The molecule has 0 N–H and O–H groups in total. The van der Waals surface area contributed by atoms with Crippen LogP contribution in [0.4, 0.5) is 13.2 Å². The first kappa shape index (κ1) is 23.4. The van der Waals surface area contributed by atoms with Crippen LogP contribution >= 0.6 is 0 Å². The van der Waals surface area contributed by atoms with Crippen LogP contribution in [0.1, 0.15) is 37.3 Å². The Morgan fingerprint density at radius 3 is 2.59 bits per heavy atom. The first-order valence-corrected chi connectivity index (χ1v) is 10.6. The predicted molar refractivity (Wildman–Crippen MR) is 113 cm³/mol. The smallest absolute Gasteiger partial charge is 0.493 e. The summed E-state index contributed by atoms with van der Waals surface area (Å²) in [6.45, 7) is 2.55. The second kappa shape index (κ2) is 9.62. The molecule has 1 aliphatic heterocycles. The van der Waals surface area contributed by atoms with E-state index in [1.165, 1.54) is 31.4 Å². The summed E-state index contributed by atoms with van der Waals surface area (Å²) in [7, 11) is 1.53. The topological polar surface area (TPSA) is 86.9 Å². The molecule has 1 atom stereocenters. The van der Waals surface area contributed by atoms with Crippen molar-refractivity contribution < 1.29 is 36.7 Å². The Hall–Kier alpha value is -3.76. The van der Waals surface area contributed by atoms with Crippen molar-refractivity contribution >= 4 is 5.91 Å². The molecule has 11 heteroatoms. The Kier molecular flexibility index (Phi) is 6.62. The van der Waals surface area contributed by atoms with Crippen LogP contribution in [-0.4, -0.2) is 41.0 Å². The molecule has 0 saturated carbocycles. The molecule has 34 heavy (non-hydrogen) atoms. The molecule has 2 heterocycles. The van der Waals surface area contributed by atoms with Crippen LogP contribution in [0.3, 0.4) is 0 Å². The van der Waals surface area contributed by atoms with Crippen LogP contribution in [0, 0.1) is 0 Å². The summed E-state index contributed by atoms with van der Waals surface area (Å²) in [5.41, 5.74) is 1.30. The quantitative estimate of drug-likeness (QED) is 0.456. The number of hydrogen-bond donors (Lipinski definition) is 0. The average molecular weight is 477 g/mol. The largest absolute Gasteiger partial charge is 0.573 e. The molecule has 3 aromatic rings. The zero-order chi connectivity index (χ0) is 24.3. The second-order valence-electron chi connectivity index (χ2n) is 7.52. The number of halogens is 3. The zero-order valence-corrected chi connectivity index (χ0v) is 18.5. The highest BCUT2D eigenvalue weighted by atomic mass is 19.4. The van der Waals surface area contributed by atoms with Gasteiger partial charge in [-0.2, -0.15) is 4.98 Å². The van der Waals surface area contributed by atoms with Crippen molar-refractivity contribution in [3.05, 3.63) is 53.9 Å². The minimum absolute atomic E-state index is 0.108. The fourth-order valence-electron chi connectivity index (χ4n) is 3.75. The van der Waals surface area contributed by atoms with E-state index in [1.54, 1.807) is 23.1 Å². The molecule has 0 bridgehead atoms. The Bertz CT molecular complexity index is 1150. The van der Waals surface area contributed by atoms with Gasteiger partial charge in [-0.3, -0.25) is 4.79 Å². The number of ether oxygens (including phenoxy) is 3. The van der Waals surface area contributed by atoms with Crippen LogP contribution in [0.2, 0.25) is 0 Å². The standard InChI is InChI=1S/C23H22F3N3O5/c1-3-32-18-10-6-15(12-19(18)31-2)21-27-22(34-28-21)17-9-11-20(30)29(17)13-14-4-7-16(8-5-14)33-23(24,25)26/h4-8,10,12,17H,3,9,11,13H2,1-2H3. The van der Waals surface area contributed by atoms with Crippen molar-refractivity contribution in [3.63, 3.8) is 0 Å². The third-order valence-corrected chi connectivity index (χ3v) is 5.29. The maximum absolute atomic E-state index is 12.5. The number of methoxy groups -OCH3 is 1. The van der Waals surface area contributed by atoms with E-state index in [-0.39, 0.29) is 24.1 Å².